The molecule has 1 N–H and O–H groups in total. The van der Waals surface area contributed by atoms with Crippen molar-refractivity contribution < 1.29 is 0 Å². The Bertz CT molecular complexity index is 585. The van der Waals surface area contributed by atoms with Crippen molar-refractivity contribution in [3.8, 4) is 11.4 Å². The van der Waals surface area contributed by atoms with Gasteiger partial charge in [-0.2, -0.15) is 0 Å². The Morgan fingerprint density at radius 1 is 1.11 bits per heavy atom. The van der Waals surface area contributed by atoms with Gasteiger partial charge in [-0.25, -0.2) is 9.97 Å². The average molecular weight is 320 g/mol. The molecule has 4 heteroatoms. The van der Waals surface area contributed by atoms with Gasteiger partial charge >= 0.3 is 0 Å². The van der Waals surface area contributed by atoms with Crippen LogP contribution in [0, 0.1) is 20.8 Å². The lowest BCUT2D eigenvalue weighted by Gasteiger charge is -2.12. The van der Waals surface area contributed by atoms with E-state index < -0.39 is 0 Å². The summed E-state index contributed by atoms with van der Waals surface area (Å²) in [6, 6.07) is 6.17. The van der Waals surface area contributed by atoms with Gasteiger partial charge in [-0.1, -0.05) is 15.9 Å². The molecule has 0 aliphatic rings. The molecule has 0 saturated heterocycles. The van der Waals surface area contributed by atoms with E-state index in [2.05, 4.69) is 50.3 Å². The number of benzene rings is 1. The number of aryl methyl sites for hydroxylation is 3. The zero-order valence-corrected chi connectivity index (χ0v) is 13.3. The first kappa shape index (κ1) is 14.2. The third-order valence-electron chi connectivity index (χ3n) is 3.20. The molecule has 0 unspecified atom stereocenters. The summed E-state index contributed by atoms with van der Waals surface area (Å²) in [4.78, 5) is 9.29. The van der Waals surface area contributed by atoms with Crippen LogP contribution in [0.15, 0.2) is 22.7 Å². The second-order valence-corrected chi connectivity index (χ2v) is 5.60. The van der Waals surface area contributed by atoms with Gasteiger partial charge in [-0.05, 0) is 51.6 Å². The first-order chi connectivity index (χ1) is 9.02. The highest BCUT2D eigenvalue weighted by atomic mass is 79.9. The molecular weight excluding hydrogens is 302 g/mol. The van der Waals surface area contributed by atoms with Crippen molar-refractivity contribution >= 4 is 15.9 Å². The van der Waals surface area contributed by atoms with Gasteiger partial charge in [0.15, 0.2) is 5.82 Å². The van der Waals surface area contributed by atoms with E-state index in [0.29, 0.717) is 0 Å². The van der Waals surface area contributed by atoms with Crippen LogP contribution in [0.3, 0.4) is 0 Å². The van der Waals surface area contributed by atoms with E-state index in [9.17, 15) is 0 Å². The Hall–Kier alpha value is -1.26. The average Bonchev–Trinajstić information content (AvgIpc) is 2.33. The monoisotopic (exact) mass is 319 g/mol. The molecule has 19 heavy (non-hydrogen) atoms. The van der Waals surface area contributed by atoms with Crippen molar-refractivity contribution in [2.45, 2.75) is 27.3 Å². The molecule has 2 aromatic rings. The number of halogens is 1. The molecule has 1 heterocycles. The number of hydrogen-bond acceptors (Lipinski definition) is 3. The van der Waals surface area contributed by atoms with Gasteiger partial charge < -0.3 is 5.32 Å². The Morgan fingerprint density at radius 2 is 1.74 bits per heavy atom. The van der Waals surface area contributed by atoms with Gasteiger partial charge in [0.1, 0.15) is 0 Å². The molecule has 0 spiro atoms. The first-order valence-electron chi connectivity index (χ1n) is 6.28. The van der Waals surface area contributed by atoms with Crippen molar-refractivity contribution in [1.29, 1.82) is 0 Å². The smallest absolute Gasteiger partial charge is 0.159 e. The Balaban J connectivity index is 2.52. The van der Waals surface area contributed by atoms with Crippen LogP contribution in [0.25, 0.3) is 11.4 Å². The maximum atomic E-state index is 4.65. The molecule has 3 nitrogen and oxygen atoms in total. The zero-order chi connectivity index (χ0) is 14.0. The van der Waals surface area contributed by atoms with E-state index in [1.165, 1.54) is 11.1 Å². The van der Waals surface area contributed by atoms with Crippen LogP contribution >= 0.6 is 15.9 Å². The molecule has 100 valence electrons. The molecule has 0 atom stereocenters. The Labute approximate surface area is 122 Å². The summed E-state index contributed by atoms with van der Waals surface area (Å²) in [5.41, 5.74) is 5.53. The zero-order valence-electron chi connectivity index (χ0n) is 11.7. The minimum Gasteiger partial charge on any atom is -0.316 e. The summed E-state index contributed by atoms with van der Waals surface area (Å²) in [6.07, 6.45) is 0. The first-order valence-corrected chi connectivity index (χ1v) is 7.07. The normalized spacial score (nSPS) is 10.8. The molecule has 0 bridgehead atoms. The number of rotatable bonds is 3. The minimum atomic E-state index is 0.803. The maximum Gasteiger partial charge on any atom is 0.159 e. The highest BCUT2D eigenvalue weighted by Gasteiger charge is 2.11. The van der Waals surface area contributed by atoms with Gasteiger partial charge in [0.05, 0.1) is 0 Å². The standard InChI is InChI=1S/C15H18BrN3/c1-9-7-12(16)5-6-13(9)15-18-10(2)14(8-17-4)11(3)19-15/h5-7,17H,8H2,1-4H3. The Morgan fingerprint density at radius 3 is 2.26 bits per heavy atom. The van der Waals surface area contributed by atoms with Crippen LogP contribution in [0.5, 0.6) is 0 Å². The van der Waals surface area contributed by atoms with E-state index >= 15 is 0 Å². The third kappa shape index (κ3) is 3.01. The molecule has 0 amide bonds. The number of hydrogen-bond donors (Lipinski definition) is 1. The van der Waals surface area contributed by atoms with E-state index in [4.69, 9.17) is 0 Å². The summed E-state index contributed by atoms with van der Waals surface area (Å²) in [5.74, 6) is 0.805. The number of nitrogens with zero attached hydrogens (tertiary/aromatic N) is 2. The number of nitrogens with one attached hydrogen (secondary N) is 1. The van der Waals surface area contributed by atoms with Crippen molar-refractivity contribution in [2.75, 3.05) is 7.05 Å². The topological polar surface area (TPSA) is 37.8 Å². The largest absolute Gasteiger partial charge is 0.316 e. The van der Waals surface area contributed by atoms with Crippen LogP contribution in [-0.2, 0) is 6.54 Å². The second kappa shape index (κ2) is 5.80. The molecule has 0 radical (unpaired) electrons. The Kier molecular flexibility index (Phi) is 4.32. The predicted molar refractivity (Wildman–Crippen MR) is 82.1 cm³/mol. The maximum absolute atomic E-state index is 4.65. The highest BCUT2D eigenvalue weighted by molar-refractivity contribution is 9.10. The van der Waals surface area contributed by atoms with E-state index in [-0.39, 0.29) is 0 Å². The minimum absolute atomic E-state index is 0.803. The second-order valence-electron chi connectivity index (χ2n) is 4.69. The van der Waals surface area contributed by atoms with Crippen molar-refractivity contribution in [3.63, 3.8) is 0 Å². The molecular formula is C15H18BrN3. The molecule has 0 aliphatic heterocycles. The SMILES string of the molecule is CNCc1c(C)nc(-c2ccc(Br)cc2C)nc1C. The van der Waals surface area contributed by atoms with Crippen molar-refractivity contribution in [3.05, 3.63) is 45.2 Å². The fourth-order valence-electron chi connectivity index (χ4n) is 2.17. The van der Waals surface area contributed by atoms with Gasteiger partial charge in [-0.3, -0.25) is 0 Å². The van der Waals surface area contributed by atoms with Gasteiger partial charge in [0.25, 0.3) is 0 Å². The summed E-state index contributed by atoms with van der Waals surface area (Å²) in [5, 5.41) is 3.16. The van der Waals surface area contributed by atoms with Crippen LogP contribution < -0.4 is 5.32 Å². The van der Waals surface area contributed by atoms with E-state index in [1.807, 2.05) is 27.0 Å². The fraction of sp³-hybridized carbons (Fsp3) is 0.333. The van der Waals surface area contributed by atoms with Gasteiger partial charge in [0, 0.05) is 33.5 Å². The fourth-order valence-corrected chi connectivity index (χ4v) is 2.65. The van der Waals surface area contributed by atoms with Gasteiger partial charge in [-0.15, -0.1) is 0 Å². The summed E-state index contributed by atoms with van der Waals surface area (Å²) >= 11 is 3.48. The summed E-state index contributed by atoms with van der Waals surface area (Å²) in [7, 11) is 1.94. The lowest BCUT2D eigenvalue weighted by Crippen LogP contribution is -2.11. The van der Waals surface area contributed by atoms with Crippen molar-refractivity contribution in [2.24, 2.45) is 0 Å². The summed E-state index contributed by atoms with van der Waals surface area (Å²) < 4.78 is 1.08. The van der Waals surface area contributed by atoms with Crippen LogP contribution in [0.4, 0.5) is 0 Å². The quantitative estimate of drug-likeness (QED) is 0.940. The number of aromatic nitrogens is 2. The van der Waals surface area contributed by atoms with E-state index in [0.717, 1.165) is 33.8 Å². The molecule has 0 saturated carbocycles. The lowest BCUT2D eigenvalue weighted by molar-refractivity contribution is 0.787. The molecule has 0 aliphatic carbocycles. The van der Waals surface area contributed by atoms with Crippen molar-refractivity contribution in [1.82, 2.24) is 15.3 Å². The lowest BCUT2D eigenvalue weighted by atomic mass is 10.1. The third-order valence-corrected chi connectivity index (χ3v) is 3.70. The van der Waals surface area contributed by atoms with Crippen LogP contribution in [-0.4, -0.2) is 17.0 Å². The summed E-state index contributed by atoms with van der Waals surface area (Å²) in [6.45, 7) is 6.96. The molecule has 0 fully saturated rings. The van der Waals surface area contributed by atoms with Crippen LogP contribution in [0.2, 0.25) is 0 Å². The highest BCUT2D eigenvalue weighted by Crippen LogP contribution is 2.25. The molecule has 2 rings (SSSR count). The van der Waals surface area contributed by atoms with Gasteiger partial charge in [0.2, 0.25) is 0 Å². The predicted octanol–water partition coefficient (Wildman–Crippen LogP) is 3.55. The molecule has 1 aromatic heterocycles. The van der Waals surface area contributed by atoms with Crippen LogP contribution in [0.1, 0.15) is 22.5 Å². The van der Waals surface area contributed by atoms with E-state index in [1.54, 1.807) is 0 Å². The molecule has 1 aromatic carbocycles.